The Morgan fingerprint density at radius 1 is 0.871 bits per heavy atom. The fraction of sp³-hybridized carbons (Fsp3) is 0.280. The molecule has 4 nitrogen and oxygen atoms in total. The predicted molar refractivity (Wildman–Crippen MR) is 130 cm³/mol. The van der Waals surface area contributed by atoms with Crippen molar-refractivity contribution >= 4 is 26.0 Å². The SMILES string of the molecule is CCCNCc1cc(Br)c(C)c(S(=O)(=O)N(Cc2ccccc2)Cc2ccccc2)c1. The number of benzene rings is 3. The summed E-state index contributed by atoms with van der Waals surface area (Å²) in [5.74, 6) is 0. The van der Waals surface area contributed by atoms with Crippen LogP contribution in [0.4, 0.5) is 0 Å². The van der Waals surface area contributed by atoms with Crippen molar-refractivity contribution in [2.45, 2.75) is 44.8 Å². The lowest BCUT2D eigenvalue weighted by Gasteiger charge is -2.24. The van der Waals surface area contributed by atoms with Crippen LogP contribution in [0.3, 0.4) is 0 Å². The minimum atomic E-state index is -3.73. The van der Waals surface area contributed by atoms with Gasteiger partial charge in [0.15, 0.2) is 0 Å². The van der Waals surface area contributed by atoms with Gasteiger partial charge in [0.2, 0.25) is 10.0 Å². The van der Waals surface area contributed by atoms with Gasteiger partial charge in [0.05, 0.1) is 4.90 Å². The number of sulfonamides is 1. The van der Waals surface area contributed by atoms with Gasteiger partial charge in [-0.05, 0) is 54.3 Å². The minimum absolute atomic E-state index is 0.313. The molecule has 0 heterocycles. The highest BCUT2D eigenvalue weighted by Crippen LogP contribution is 2.30. The molecule has 31 heavy (non-hydrogen) atoms. The Balaban J connectivity index is 2.00. The van der Waals surface area contributed by atoms with Crippen molar-refractivity contribution in [3.8, 4) is 0 Å². The zero-order chi connectivity index (χ0) is 22.3. The first-order valence-electron chi connectivity index (χ1n) is 10.5. The molecule has 0 aliphatic carbocycles. The third-order valence-electron chi connectivity index (χ3n) is 5.13. The summed E-state index contributed by atoms with van der Waals surface area (Å²) in [4.78, 5) is 0.349. The quantitative estimate of drug-likeness (QED) is 0.366. The molecule has 0 saturated carbocycles. The molecule has 164 valence electrons. The number of hydrogen-bond donors (Lipinski definition) is 1. The highest BCUT2D eigenvalue weighted by molar-refractivity contribution is 9.10. The second-order valence-electron chi connectivity index (χ2n) is 7.62. The molecule has 0 bridgehead atoms. The largest absolute Gasteiger partial charge is 0.313 e. The van der Waals surface area contributed by atoms with E-state index in [-0.39, 0.29) is 0 Å². The molecule has 1 N–H and O–H groups in total. The van der Waals surface area contributed by atoms with E-state index < -0.39 is 10.0 Å². The van der Waals surface area contributed by atoms with Crippen LogP contribution in [0.5, 0.6) is 0 Å². The van der Waals surface area contributed by atoms with Crippen molar-refractivity contribution in [3.63, 3.8) is 0 Å². The Kier molecular flexibility index (Phi) is 8.43. The molecular formula is C25H29BrN2O2S. The van der Waals surface area contributed by atoms with Gasteiger partial charge in [0.25, 0.3) is 0 Å². The fourth-order valence-corrected chi connectivity index (χ4v) is 5.78. The lowest BCUT2D eigenvalue weighted by molar-refractivity contribution is 0.400. The third kappa shape index (κ3) is 6.26. The van der Waals surface area contributed by atoms with Crippen molar-refractivity contribution in [2.75, 3.05) is 6.54 Å². The molecule has 0 atom stereocenters. The van der Waals surface area contributed by atoms with Crippen LogP contribution in [0.1, 0.15) is 35.6 Å². The number of halogens is 1. The molecule has 3 aromatic rings. The van der Waals surface area contributed by atoms with Crippen molar-refractivity contribution in [1.29, 1.82) is 0 Å². The average molecular weight is 501 g/mol. The van der Waals surface area contributed by atoms with E-state index in [4.69, 9.17) is 0 Å². The second-order valence-corrected chi connectivity index (χ2v) is 10.4. The first-order chi connectivity index (χ1) is 14.9. The Labute approximate surface area is 194 Å². The summed E-state index contributed by atoms with van der Waals surface area (Å²) in [6.45, 7) is 6.11. The van der Waals surface area contributed by atoms with Gasteiger partial charge in [-0.3, -0.25) is 0 Å². The van der Waals surface area contributed by atoms with Crippen LogP contribution in [0.15, 0.2) is 82.2 Å². The van der Waals surface area contributed by atoms with E-state index in [1.807, 2.05) is 73.7 Å². The summed E-state index contributed by atoms with van der Waals surface area (Å²) >= 11 is 3.57. The third-order valence-corrected chi connectivity index (χ3v) is 7.88. The normalized spacial score (nSPS) is 11.7. The molecule has 0 spiro atoms. The van der Waals surface area contributed by atoms with Gasteiger partial charge < -0.3 is 5.32 Å². The maximum atomic E-state index is 13.9. The van der Waals surface area contributed by atoms with E-state index in [1.165, 1.54) is 0 Å². The highest BCUT2D eigenvalue weighted by Gasteiger charge is 2.28. The van der Waals surface area contributed by atoms with Crippen LogP contribution >= 0.6 is 15.9 Å². The molecule has 0 saturated heterocycles. The summed E-state index contributed by atoms with van der Waals surface area (Å²) in [6.07, 6.45) is 1.03. The monoisotopic (exact) mass is 500 g/mol. The van der Waals surface area contributed by atoms with Gasteiger partial charge in [0.1, 0.15) is 0 Å². The van der Waals surface area contributed by atoms with E-state index in [2.05, 4.69) is 28.2 Å². The van der Waals surface area contributed by atoms with E-state index >= 15 is 0 Å². The molecule has 6 heteroatoms. The lowest BCUT2D eigenvalue weighted by atomic mass is 10.1. The molecule has 0 aromatic heterocycles. The van der Waals surface area contributed by atoms with Gasteiger partial charge in [-0.15, -0.1) is 0 Å². The molecule has 0 unspecified atom stereocenters. The standard InChI is InChI=1S/C25H29BrN2O2S/c1-3-14-27-17-23-15-24(26)20(2)25(16-23)31(29,30)28(18-21-10-6-4-7-11-21)19-22-12-8-5-9-13-22/h4-13,15-16,27H,3,14,17-19H2,1-2H3. The second kappa shape index (κ2) is 11.0. The van der Waals surface area contributed by atoms with Crippen molar-refractivity contribution in [3.05, 3.63) is 99.5 Å². The van der Waals surface area contributed by atoms with E-state index in [1.54, 1.807) is 10.4 Å². The number of hydrogen-bond acceptors (Lipinski definition) is 3. The highest BCUT2D eigenvalue weighted by atomic mass is 79.9. The number of nitrogens with one attached hydrogen (secondary N) is 1. The van der Waals surface area contributed by atoms with Crippen LogP contribution < -0.4 is 5.32 Å². The van der Waals surface area contributed by atoms with Crippen molar-refractivity contribution < 1.29 is 8.42 Å². The summed E-state index contributed by atoms with van der Waals surface area (Å²) < 4.78 is 30.1. The molecular weight excluding hydrogens is 472 g/mol. The number of rotatable bonds is 10. The topological polar surface area (TPSA) is 49.4 Å². The summed E-state index contributed by atoms with van der Waals surface area (Å²) in [5, 5.41) is 3.36. The summed E-state index contributed by atoms with van der Waals surface area (Å²) in [6, 6.07) is 23.3. The lowest BCUT2D eigenvalue weighted by Crippen LogP contribution is -2.31. The molecule has 3 rings (SSSR count). The van der Waals surface area contributed by atoms with Crippen LogP contribution in [0.25, 0.3) is 0 Å². The summed E-state index contributed by atoms with van der Waals surface area (Å²) in [7, 11) is -3.73. The van der Waals surface area contributed by atoms with Gasteiger partial charge in [0, 0.05) is 24.1 Å². The Morgan fingerprint density at radius 3 is 1.94 bits per heavy atom. The predicted octanol–water partition coefficient (Wildman–Crippen LogP) is 5.65. The fourth-order valence-electron chi connectivity index (χ4n) is 3.43. The molecule has 0 aliphatic rings. The van der Waals surface area contributed by atoms with E-state index in [0.717, 1.165) is 39.7 Å². The summed E-state index contributed by atoms with van der Waals surface area (Å²) in [5.41, 5.74) is 3.59. The van der Waals surface area contributed by atoms with Gasteiger partial charge in [-0.1, -0.05) is 83.5 Å². The average Bonchev–Trinajstić information content (AvgIpc) is 2.77. The smallest absolute Gasteiger partial charge is 0.243 e. The number of nitrogens with zero attached hydrogens (tertiary/aromatic N) is 1. The Morgan fingerprint density at radius 2 is 1.42 bits per heavy atom. The van der Waals surface area contributed by atoms with Crippen LogP contribution in [-0.4, -0.2) is 19.3 Å². The maximum absolute atomic E-state index is 13.9. The van der Waals surface area contributed by atoms with Crippen molar-refractivity contribution in [1.82, 2.24) is 9.62 Å². The van der Waals surface area contributed by atoms with Crippen LogP contribution in [0.2, 0.25) is 0 Å². The van der Waals surface area contributed by atoms with Crippen LogP contribution in [-0.2, 0) is 29.7 Å². The molecule has 0 radical (unpaired) electrons. The van der Waals surface area contributed by atoms with Crippen molar-refractivity contribution in [2.24, 2.45) is 0 Å². The van der Waals surface area contributed by atoms with Gasteiger partial charge in [-0.25, -0.2) is 8.42 Å². The molecule has 3 aromatic carbocycles. The molecule has 0 amide bonds. The molecule has 0 aliphatic heterocycles. The van der Waals surface area contributed by atoms with E-state index in [9.17, 15) is 8.42 Å². The molecule has 0 fully saturated rings. The first-order valence-corrected chi connectivity index (χ1v) is 12.7. The zero-order valence-corrected chi connectivity index (χ0v) is 20.4. The van der Waals surface area contributed by atoms with E-state index in [0.29, 0.717) is 24.5 Å². The van der Waals surface area contributed by atoms with Gasteiger partial charge >= 0.3 is 0 Å². The minimum Gasteiger partial charge on any atom is -0.313 e. The van der Waals surface area contributed by atoms with Crippen LogP contribution in [0, 0.1) is 6.92 Å². The maximum Gasteiger partial charge on any atom is 0.243 e. The first kappa shape index (κ1) is 23.7. The zero-order valence-electron chi connectivity index (χ0n) is 18.0. The Hall–Kier alpha value is -1.99. The van der Waals surface area contributed by atoms with Gasteiger partial charge in [-0.2, -0.15) is 4.31 Å². The Bertz CT molecular complexity index is 1050.